The van der Waals surface area contributed by atoms with Gasteiger partial charge in [0.05, 0.1) is 25.8 Å². The van der Waals surface area contributed by atoms with E-state index >= 15 is 0 Å². The maximum absolute atomic E-state index is 11.2. The number of anilines is 1. The molecular formula is C23H23BrClNO4. The number of aliphatic hydroxyl groups excluding tert-OH is 1. The zero-order chi connectivity index (χ0) is 21.7. The van der Waals surface area contributed by atoms with E-state index in [0.717, 1.165) is 21.5 Å². The molecule has 0 amide bonds. The summed E-state index contributed by atoms with van der Waals surface area (Å²) in [6.45, 7) is 0.490. The van der Waals surface area contributed by atoms with Crippen molar-refractivity contribution in [1.29, 1.82) is 0 Å². The molecular weight excluding hydrogens is 470 g/mol. The lowest BCUT2D eigenvalue weighted by molar-refractivity contribution is 0.215. The first kappa shape index (κ1) is 22.3. The Bertz CT molecular complexity index is 1030. The van der Waals surface area contributed by atoms with Crippen LogP contribution in [0.1, 0.15) is 22.8 Å². The summed E-state index contributed by atoms with van der Waals surface area (Å²) >= 11 is 9.71. The van der Waals surface area contributed by atoms with E-state index in [1.165, 1.54) is 0 Å². The van der Waals surface area contributed by atoms with Crippen LogP contribution in [-0.2, 0) is 6.54 Å². The van der Waals surface area contributed by atoms with Gasteiger partial charge in [0.15, 0.2) is 0 Å². The van der Waals surface area contributed by atoms with Gasteiger partial charge in [-0.1, -0.05) is 23.7 Å². The predicted octanol–water partition coefficient (Wildman–Crippen LogP) is 5.82. The summed E-state index contributed by atoms with van der Waals surface area (Å²) in [7, 11) is 4.81. The number of aliphatic hydroxyl groups is 1. The van der Waals surface area contributed by atoms with Crippen molar-refractivity contribution in [1.82, 2.24) is 0 Å². The second kappa shape index (κ2) is 10.1. The molecule has 0 bridgehead atoms. The molecule has 1 unspecified atom stereocenters. The Morgan fingerprint density at radius 1 is 0.967 bits per heavy atom. The molecule has 0 aliphatic carbocycles. The van der Waals surface area contributed by atoms with Gasteiger partial charge >= 0.3 is 0 Å². The molecule has 0 saturated carbocycles. The van der Waals surface area contributed by atoms with Crippen molar-refractivity contribution in [2.45, 2.75) is 12.6 Å². The first-order chi connectivity index (χ1) is 14.5. The maximum atomic E-state index is 11.2. The summed E-state index contributed by atoms with van der Waals surface area (Å²) in [4.78, 5) is 0. The van der Waals surface area contributed by atoms with Crippen LogP contribution in [0.5, 0.6) is 17.2 Å². The van der Waals surface area contributed by atoms with Crippen LogP contribution in [0.3, 0.4) is 0 Å². The van der Waals surface area contributed by atoms with Crippen molar-refractivity contribution >= 4 is 33.2 Å². The fourth-order valence-electron chi connectivity index (χ4n) is 3.23. The Kier molecular flexibility index (Phi) is 7.48. The minimum Gasteiger partial charge on any atom is -0.497 e. The van der Waals surface area contributed by atoms with E-state index in [0.29, 0.717) is 34.2 Å². The van der Waals surface area contributed by atoms with Crippen molar-refractivity contribution in [3.05, 3.63) is 80.8 Å². The molecule has 5 nitrogen and oxygen atoms in total. The van der Waals surface area contributed by atoms with Crippen LogP contribution in [0.4, 0.5) is 5.69 Å². The number of hydrogen-bond donors (Lipinski definition) is 2. The fraction of sp³-hybridized carbons (Fsp3) is 0.217. The van der Waals surface area contributed by atoms with Gasteiger partial charge in [-0.3, -0.25) is 0 Å². The van der Waals surface area contributed by atoms with Gasteiger partial charge in [0, 0.05) is 40.0 Å². The topological polar surface area (TPSA) is 60.0 Å². The van der Waals surface area contributed by atoms with Gasteiger partial charge in [-0.2, -0.15) is 0 Å². The molecule has 0 radical (unpaired) electrons. The summed E-state index contributed by atoms with van der Waals surface area (Å²) in [6, 6.07) is 16.6. The number of nitrogens with one attached hydrogen (secondary N) is 1. The number of hydrogen-bond acceptors (Lipinski definition) is 5. The zero-order valence-electron chi connectivity index (χ0n) is 16.9. The molecule has 3 aromatic carbocycles. The van der Waals surface area contributed by atoms with E-state index in [1.807, 2.05) is 42.5 Å². The van der Waals surface area contributed by atoms with Gasteiger partial charge in [-0.25, -0.2) is 0 Å². The Balaban J connectivity index is 1.92. The lowest BCUT2D eigenvalue weighted by Crippen LogP contribution is -2.09. The van der Waals surface area contributed by atoms with Crippen molar-refractivity contribution < 1.29 is 19.3 Å². The molecule has 158 valence electrons. The molecule has 7 heteroatoms. The Morgan fingerprint density at radius 3 is 2.47 bits per heavy atom. The molecule has 0 aliphatic rings. The standard InChI is InChI=1S/C23H23BrClNO4/c1-28-16-9-7-14(21(12-16)29-2)13-26-20-10-8-15(25)11-18(20)22(27)17-5-4-6-19(24)23(17)30-3/h4-12,22,26-27H,13H2,1-3H3. The average molecular weight is 493 g/mol. The molecule has 3 rings (SSSR count). The molecule has 0 spiro atoms. The Hall–Kier alpha value is -2.41. The first-order valence-corrected chi connectivity index (χ1v) is 10.4. The monoisotopic (exact) mass is 491 g/mol. The van der Waals surface area contributed by atoms with Gasteiger partial charge in [-0.15, -0.1) is 0 Å². The number of methoxy groups -OCH3 is 3. The van der Waals surface area contributed by atoms with Crippen LogP contribution in [0.15, 0.2) is 59.1 Å². The van der Waals surface area contributed by atoms with E-state index < -0.39 is 6.10 Å². The number of para-hydroxylation sites is 1. The van der Waals surface area contributed by atoms with Crippen LogP contribution in [0.25, 0.3) is 0 Å². The van der Waals surface area contributed by atoms with Crippen molar-refractivity contribution in [3.8, 4) is 17.2 Å². The first-order valence-electron chi connectivity index (χ1n) is 9.23. The number of halogens is 2. The van der Waals surface area contributed by atoms with Crippen LogP contribution in [-0.4, -0.2) is 26.4 Å². The highest BCUT2D eigenvalue weighted by atomic mass is 79.9. The predicted molar refractivity (Wildman–Crippen MR) is 123 cm³/mol. The molecule has 0 fully saturated rings. The fourth-order valence-corrected chi connectivity index (χ4v) is 3.96. The molecule has 0 aliphatic heterocycles. The highest BCUT2D eigenvalue weighted by Crippen LogP contribution is 2.39. The van der Waals surface area contributed by atoms with E-state index in [1.54, 1.807) is 33.5 Å². The number of ether oxygens (including phenoxy) is 3. The van der Waals surface area contributed by atoms with E-state index in [-0.39, 0.29) is 0 Å². The minimum absolute atomic E-state index is 0.490. The normalized spacial score (nSPS) is 11.7. The van der Waals surface area contributed by atoms with Gasteiger partial charge < -0.3 is 24.6 Å². The summed E-state index contributed by atoms with van der Waals surface area (Å²) in [5.74, 6) is 2.01. The van der Waals surface area contributed by atoms with E-state index in [9.17, 15) is 5.11 Å². The SMILES string of the molecule is COc1ccc(CNc2ccc(Cl)cc2C(O)c2cccc(Br)c2OC)c(OC)c1. The van der Waals surface area contributed by atoms with Crippen molar-refractivity contribution in [2.75, 3.05) is 26.6 Å². The largest absolute Gasteiger partial charge is 0.497 e. The molecule has 1 atom stereocenters. The van der Waals surface area contributed by atoms with Gasteiger partial charge in [-0.05, 0) is 52.3 Å². The van der Waals surface area contributed by atoms with Crippen molar-refractivity contribution in [3.63, 3.8) is 0 Å². The third kappa shape index (κ3) is 4.83. The third-order valence-corrected chi connectivity index (χ3v) is 5.63. The Morgan fingerprint density at radius 2 is 1.77 bits per heavy atom. The Labute approximate surface area is 189 Å². The van der Waals surface area contributed by atoms with Crippen LogP contribution in [0.2, 0.25) is 5.02 Å². The quantitative estimate of drug-likeness (QED) is 0.415. The van der Waals surface area contributed by atoms with Gasteiger partial charge in [0.25, 0.3) is 0 Å². The van der Waals surface area contributed by atoms with E-state index in [4.69, 9.17) is 25.8 Å². The summed E-state index contributed by atoms with van der Waals surface area (Å²) in [5.41, 5.74) is 2.99. The molecule has 2 N–H and O–H groups in total. The van der Waals surface area contributed by atoms with Crippen LogP contribution in [0, 0.1) is 0 Å². The lowest BCUT2D eigenvalue weighted by Gasteiger charge is -2.20. The van der Waals surface area contributed by atoms with Gasteiger partial charge in [0.1, 0.15) is 23.4 Å². The summed E-state index contributed by atoms with van der Waals surface area (Å²) in [5, 5.41) is 15.1. The lowest BCUT2D eigenvalue weighted by atomic mass is 9.98. The summed E-state index contributed by atoms with van der Waals surface area (Å²) in [6.07, 6.45) is -0.934. The molecule has 3 aromatic rings. The molecule has 0 saturated heterocycles. The number of rotatable bonds is 8. The number of benzene rings is 3. The van der Waals surface area contributed by atoms with E-state index in [2.05, 4.69) is 21.2 Å². The second-order valence-electron chi connectivity index (χ2n) is 6.53. The average Bonchev–Trinajstić information content (AvgIpc) is 2.77. The van der Waals surface area contributed by atoms with Crippen LogP contribution >= 0.6 is 27.5 Å². The zero-order valence-corrected chi connectivity index (χ0v) is 19.3. The summed E-state index contributed by atoms with van der Waals surface area (Å²) < 4.78 is 17.0. The second-order valence-corrected chi connectivity index (χ2v) is 7.82. The van der Waals surface area contributed by atoms with Gasteiger partial charge in [0.2, 0.25) is 0 Å². The minimum atomic E-state index is -0.934. The third-order valence-electron chi connectivity index (χ3n) is 4.77. The molecule has 0 aromatic heterocycles. The molecule has 0 heterocycles. The maximum Gasteiger partial charge on any atom is 0.139 e. The molecule has 30 heavy (non-hydrogen) atoms. The highest BCUT2D eigenvalue weighted by Gasteiger charge is 2.21. The van der Waals surface area contributed by atoms with Crippen LogP contribution < -0.4 is 19.5 Å². The highest BCUT2D eigenvalue weighted by molar-refractivity contribution is 9.10. The smallest absolute Gasteiger partial charge is 0.139 e. The van der Waals surface area contributed by atoms with Crippen molar-refractivity contribution in [2.24, 2.45) is 0 Å².